The number of benzene rings is 1. The normalized spacial score (nSPS) is 10.0. The molecule has 0 atom stereocenters. The van der Waals surface area contributed by atoms with Crippen molar-refractivity contribution in [3.8, 4) is 0 Å². The minimum atomic E-state index is -0.126. The molecule has 0 saturated carbocycles. The number of nitrogens with one attached hydrogen (secondary N) is 1. The Morgan fingerprint density at radius 1 is 1.36 bits per heavy atom. The van der Waals surface area contributed by atoms with Gasteiger partial charge in [-0.15, -0.1) is 0 Å². The van der Waals surface area contributed by atoms with E-state index in [2.05, 4.69) is 10.2 Å². The maximum Gasteiger partial charge on any atom is 0.213 e. The molecule has 0 aliphatic heterocycles. The number of hydrogen-bond donors (Lipinski definition) is 2. The highest BCUT2D eigenvalue weighted by atomic mass is 16.1. The van der Waals surface area contributed by atoms with Crippen LogP contribution >= 0.6 is 0 Å². The first kappa shape index (κ1) is 8.50. The van der Waals surface area contributed by atoms with Crippen LogP contribution in [0.15, 0.2) is 36.5 Å². The fraction of sp³-hybridized carbons (Fsp3) is 0. The Balaban J connectivity index is 2.37. The number of ketones is 1. The molecule has 4 nitrogen and oxygen atoms in total. The van der Waals surface area contributed by atoms with Crippen LogP contribution in [0.2, 0.25) is 0 Å². The number of hydrogen-bond acceptors (Lipinski definition) is 3. The maximum atomic E-state index is 11.7. The summed E-state index contributed by atoms with van der Waals surface area (Å²) in [7, 11) is 0. The van der Waals surface area contributed by atoms with Gasteiger partial charge in [0.2, 0.25) is 5.78 Å². The SMILES string of the molecule is Nc1cccc(C(=O)c2cc[nH]n2)c1. The summed E-state index contributed by atoms with van der Waals surface area (Å²) in [6, 6.07) is 8.46. The predicted octanol–water partition coefficient (Wildman–Crippen LogP) is 1.22. The lowest BCUT2D eigenvalue weighted by molar-refractivity contribution is 0.103. The number of aromatic nitrogens is 2. The third-order valence-electron chi connectivity index (χ3n) is 1.88. The Labute approximate surface area is 80.8 Å². The van der Waals surface area contributed by atoms with Crippen molar-refractivity contribution in [2.75, 3.05) is 5.73 Å². The Morgan fingerprint density at radius 2 is 2.21 bits per heavy atom. The van der Waals surface area contributed by atoms with E-state index in [9.17, 15) is 4.79 Å². The van der Waals surface area contributed by atoms with Gasteiger partial charge in [0.05, 0.1) is 0 Å². The van der Waals surface area contributed by atoms with Crippen LogP contribution in [0.4, 0.5) is 5.69 Å². The summed E-state index contributed by atoms with van der Waals surface area (Å²) in [5.74, 6) is -0.126. The van der Waals surface area contributed by atoms with Gasteiger partial charge in [-0.05, 0) is 18.2 Å². The van der Waals surface area contributed by atoms with Crippen LogP contribution in [0.3, 0.4) is 0 Å². The standard InChI is InChI=1S/C10H9N3O/c11-8-3-1-2-7(6-8)10(14)9-4-5-12-13-9/h1-6H,11H2,(H,12,13). The molecule has 0 fully saturated rings. The summed E-state index contributed by atoms with van der Waals surface area (Å²) in [6.45, 7) is 0. The van der Waals surface area contributed by atoms with Gasteiger partial charge in [0.25, 0.3) is 0 Å². The number of aromatic amines is 1. The molecule has 0 amide bonds. The second-order valence-electron chi connectivity index (χ2n) is 2.91. The number of carbonyl (C=O) groups is 1. The van der Waals surface area contributed by atoms with Crippen molar-refractivity contribution in [2.24, 2.45) is 0 Å². The lowest BCUT2D eigenvalue weighted by atomic mass is 10.1. The molecular formula is C10H9N3O. The Kier molecular flexibility index (Phi) is 2.02. The summed E-state index contributed by atoms with van der Waals surface area (Å²) in [5, 5.41) is 6.40. The van der Waals surface area contributed by atoms with Crippen molar-refractivity contribution < 1.29 is 4.79 Å². The van der Waals surface area contributed by atoms with Crippen molar-refractivity contribution in [1.82, 2.24) is 10.2 Å². The Hall–Kier alpha value is -2.10. The molecule has 0 radical (unpaired) electrons. The minimum Gasteiger partial charge on any atom is -0.399 e. The molecule has 3 N–H and O–H groups in total. The maximum absolute atomic E-state index is 11.7. The van der Waals surface area contributed by atoms with Gasteiger partial charge in [0.1, 0.15) is 5.69 Å². The number of carbonyl (C=O) groups excluding carboxylic acids is 1. The van der Waals surface area contributed by atoms with E-state index in [4.69, 9.17) is 5.73 Å². The monoisotopic (exact) mass is 187 g/mol. The van der Waals surface area contributed by atoms with E-state index in [-0.39, 0.29) is 5.78 Å². The van der Waals surface area contributed by atoms with Gasteiger partial charge >= 0.3 is 0 Å². The molecule has 1 aromatic carbocycles. The van der Waals surface area contributed by atoms with Gasteiger partial charge in [-0.2, -0.15) is 5.10 Å². The molecule has 1 heterocycles. The van der Waals surface area contributed by atoms with Crippen LogP contribution in [-0.4, -0.2) is 16.0 Å². The zero-order valence-electron chi connectivity index (χ0n) is 7.40. The zero-order valence-corrected chi connectivity index (χ0v) is 7.40. The second kappa shape index (κ2) is 3.33. The number of H-pyrrole nitrogens is 1. The molecule has 0 saturated heterocycles. The molecule has 14 heavy (non-hydrogen) atoms. The first-order valence-electron chi connectivity index (χ1n) is 4.17. The fourth-order valence-electron chi connectivity index (χ4n) is 1.21. The van der Waals surface area contributed by atoms with Crippen molar-refractivity contribution >= 4 is 11.5 Å². The summed E-state index contributed by atoms with van der Waals surface area (Å²) < 4.78 is 0. The molecule has 0 bridgehead atoms. The van der Waals surface area contributed by atoms with Crippen LogP contribution in [0.5, 0.6) is 0 Å². The number of nitrogens with two attached hydrogens (primary N) is 1. The van der Waals surface area contributed by atoms with E-state index in [0.29, 0.717) is 16.9 Å². The van der Waals surface area contributed by atoms with Crippen LogP contribution in [-0.2, 0) is 0 Å². The molecule has 0 aliphatic rings. The number of nitrogens with zero attached hydrogens (tertiary/aromatic N) is 1. The number of rotatable bonds is 2. The molecule has 70 valence electrons. The highest BCUT2D eigenvalue weighted by Gasteiger charge is 2.10. The van der Waals surface area contributed by atoms with E-state index in [1.807, 2.05) is 0 Å². The van der Waals surface area contributed by atoms with E-state index < -0.39 is 0 Å². The average molecular weight is 187 g/mol. The molecule has 0 unspecified atom stereocenters. The first-order valence-corrected chi connectivity index (χ1v) is 4.17. The van der Waals surface area contributed by atoms with Gasteiger partial charge in [-0.1, -0.05) is 12.1 Å². The van der Waals surface area contributed by atoms with Gasteiger partial charge < -0.3 is 5.73 Å². The topological polar surface area (TPSA) is 71.8 Å². The third kappa shape index (κ3) is 1.50. The minimum absolute atomic E-state index is 0.126. The van der Waals surface area contributed by atoms with Crippen LogP contribution in [0.1, 0.15) is 16.1 Å². The van der Waals surface area contributed by atoms with E-state index in [1.54, 1.807) is 36.5 Å². The molecular weight excluding hydrogens is 178 g/mol. The second-order valence-corrected chi connectivity index (χ2v) is 2.91. The van der Waals surface area contributed by atoms with Crippen LogP contribution < -0.4 is 5.73 Å². The third-order valence-corrected chi connectivity index (χ3v) is 1.88. The number of nitrogen functional groups attached to an aromatic ring is 1. The Morgan fingerprint density at radius 3 is 2.86 bits per heavy atom. The van der Waals surface area contributed by atoms with E-state index >= 15 is 0 Å². The number of anilines is 1. The molecule has 4 heteroatoms. The van der Waals surface area contributed by atoms with Gasteiger partial charge in [0, 0.05) is 17.4 Å². The molecule has 2 aromatic rings. The van der Waals surface area contributed by atoms with Crippen LogP contribution in [0, 0.1) is 0 Å². The largest absolute Gasteiger partial charge is 0.399 e. The smallest absolute Gasteiger partial charge is 0.213 e. The summed E-state index contributed by atoms with van der Waals surface area (Å²) in [6.07, 6.45) is 1.61. The molecule has 1 aromatic heterocycles. The van der Waals surface area contributed by atoms with Crippen molar-refractivity contribution in [1.29, 1.82) is 0 Å². The van der Waals surface area contributed by atoms with Crippen LogP contribution in [0.25, 0.3) is 0 Å². The highest BCUT2D eigenvalue weighted by Crippen LogP contribution is 2.10. The average Bonchev–Trinajstić information content (AvgIpc) is 2.69. The molecule has 0 aliphatic carbocycles. The van der Waals surface area contributed by atoms with Crippen molar-refractivity contribution in [3.63, 3.8) is 0 Å². The van der Waals surface area contributed by atoms with E-state index in [1.165, 1.54) is 0 Å². The zero-order chi connectivity index (χ0) is 9.97. The van der Waals surface area contributed by atoms with Gasteiger partial charge in [-0.25, -0.2) is 0 Å². The Bertz CT molecular complexity index is 448. The summed E-state index contributed by atoms with van der Waals surface area (Å²) in [4.78, 5) is 11.7. The van der Waals surface area contributed by atoms with Gasteiger partial charge in [0.15, 0.2) is 0 Å². The van der Waals surface area contributed by atoms with Crippen molar-refractivity contribution in [3.05, 3.63) is 47.8 Å². The van der Waals surface area contributed by atoms with Crippen molar-refractivity contribution in [2.45, 2.75) is 0 Å². The first-order chi connectivity index (χ1) is 6.77. The summed E-state index contributed by atoms with van der Waals surface area (Å²) in [5.41, 5.74) is 7.10. The quantitative estimate of drug-likeness (QED) is 0.548. The highest BCUT2D eigenvalue weighted by molar-refractivity contribution is 6.08. The fourth-order valence-corrected chi connectivity index (χ4v) is 1.21. The summed E-state index contributed by atoms with van der Waals surface area (Å²) >= 11 is 0. The lowest BCUT2D eigenvalue weighted by Crippen LogP contribution is -2.02. The predicted molar refractivity (Wildman–Crippen MR) is 52.9 cm³/mol. The van der Waals surface area contributed by atoms with Gasteiger partial charge in [-0.3, -0.25) is 9.89 Å². The molecule has 0 spiro atoms. The lowest BCUT2D eigenvalue weighted by Gasteiger charge is -1.98. The van der Waals surface area contributed by atoms with E-state index in [0.717, 1.165) is 0 Å². The molecule has 2 rings (SSSR count).